The van der Waals surface area contributed by atoms with Crippen LogP contribution in [0.1, 0.15) is 44.5 Å². The number of amides is 1. The number of anilines is 1. The van der Waals surface area contributed by atoms with Gasteiger partial charge in [0, 0.05) is 17.6 Å². The molecule has 1 saturated heterocycles. The van der Waals surface area contributed by atoms with Gasteiger partial charge in [-0.15, -0.1) is 11.3 Å². The minimum absolute atomic E-state index is 0.0932. The van der Waals surface area contributed by atoms with Crippen molar-refractivity contribution in [1.29, 1.82) is 0 Å². The number of likely N-dealkylation sites (tertiary alicyclic amines) is 1. The van der Waals surface area contributed by atoms with Crippen LogP contribution in [0.15, 0.2) is 53.4 Å². The average molecular weight is 487 g/mol. The van der Waals surface area contributed by atoms with Crippen molar-refractivity contribution < 1.29 is 13.2 Å². The first-order valence-electron chi connectivity index (χ1n) is 11.3. The molecule has 2 aromatic carbocycles. The summed E-state index contributed by atoms with van der Waals surface area (Å²) in [5.74, 6) is 0.340. The molecule has 4 rings (SSSR count). The second-order valence-electron chi connectivity index (χ2n) is 8.80. The predicted molar refractivity (Wildman–Crippen MR) is 133 cm³/mol. The number of para-hydroxylation sites is 1. The van der Waals surface area contributed by atoms with Crippen molar-refractivity contribution in [3.8, 4) is 0 Å². The summed E-state index contributed by atoms with van der Waals surface area (Å²) in [6.07, 6.45) is 1.96. The zero-order chi connectivity index (χ0) is 23.6. The Morgan fingerprint density at radius 3 is 2.36 bits per heavy atom. The zero-order valence-corrected chi connectivity index (χ0v) is 20.7. The molecule has 1 fully saturated rings. The summed E-state index contributed by atoms with van der Waals surface area (Å²) in [6.45, 7) is 7.14. The Bertz CT molecular complexity index is 1180. The summed E-state index contributed by atoms with van der Waals surface area (Å²) in [5, 5.41) is 4.10. The summed E-state index contributed by atoms with van der Waals surface area (Å²) in [6, 6.07) is 14.0. The van der Waals surface area contributed by atoms with E-state index < -0.39 is 10.0 Å². The molecule has 1 aliphatic heterocycles. The Morgan fingerprint density at radius 1 is 1.06 bits per heavy atom. The average Bonchev–Trinajstić information content (AvgIpc) is 3.22. The largest absolute Gasteiger partial charge is 0.325 e. The van der Waals surface area contributed by atoms with Crippen LogP contribution in [-0.4, -0.2) is 49.4 Å². The highest BCUT2D eigenvalue weighted by atomic mass is 32.2. The highest BCUT2D eigenvalue weighted by Gasteiger charge is 2.29. The molecule has 9 heteroatoms. The molecule has 1 atom stereocenters. The number of rotatable bonds is 7. The van der Waals surface area contributed by atoms with Crippen molar-refractivity contribution in [2.75, 3.05) is 18.4 Å². The molecule has 0 aliphatic carbocycles. The Hall–Kier alpha value is -2.33. The number of benzene rings is 2. The SMILES string of the molecule is CC(C)NS(=O)(=O)c1ccc(NC(=O)[C@H](C)N2CCC(c3nc4ccccc4s3)CC2)cc1. The molecule has 0 radical (unpaired) electrons. The monoisotopic (exact) mass is 486 g/mol. The summed E-state index contributed by atoms with van der Waals surface area (Å²) < 4.78 is 28.3. The molecular formula is C24H30N4O3S2. The maximum absolute atomic E-state index is 12.8. The Morgan fingerprint density at radius 2 is 1.73 bits per heavy atom. The number of hydrogen-bond donors (Lipinski definition) is 2. The first kappa shape index (κ1) is 23.8. The van der Waals surface area contributed by atoms with Gasteiger partial charge in [-0.2, -0.15) is 0 Å². The van der Waals surface area contributed by atoms with Crippen LogP contribution in [0, 0.1) is 0 Å². The molecule has 1 amide bonds. The molecule has 0 saturated carbocycles. The van der Waals surface area contributed by atoms with E-state index in [-0.39, 0.29) is 22.9 Å². The van der Waals surface area contributed by atoms with Crippen LogP contribution >= 0.6 is 11.3 Å². The van der Waals surface area contributed by atoms with E-state index in [1.807, 2.05) is 19.1 Å². The quantitative estimate of drug-likeness (QED) is 0.523. The molecule has 3 aromatic rings. The third-order valence-corrected chi connectivity index (χ3v) is 8.81. The Balaban J connectivity index is 1.32. The number of sulfonamides is 1. The minimum Gasteiger partial charge on any atom is -0.325 e. The normalized spacial score (nSPS) is 16.8. The molecule has 0 spiro atoms. The fraction of sp³-hybridized carbons (Fsp3) is 0.417. The molecule has 176 valence electrons. The van der Waals surface area contributed by atoms with Gasteiger partial charge in [-0.1, -0.05) is 12.1 Å². The van der Waals surface area contributed by atoms with Crippen LogP contribution in [0.25, 0.3) is 10.2 Å². The molecule has 0 unspecified atom stereocenters. The number of nitrogens with zero attached hydrogens (tertiary/aromatic N) is 2. The van der Waals surface area contributed by atoms with Gasteiger partial charge in [0.2, 0.25) is 15.9 Å². The Kier molecular flexibility index (Phi) is 7.13. The fourth-order valence-electron chi connectivity index (χ4n) is 4.11. The fourth-order valence-corrected chi connectivity index (χ4v) is 6.49. The highest BCUT2D eigenvalue weighted by Crippen LogP contribution is 2.34. The zero-order valence-electron chi connectivity index (χ0n) is 19.1. The molecule has 2 heterocycles. The number of piperidine rings is 1. The molecule has 1 aromatic heterocycles. The van der Waals surface area contributed by atoms with Crippen LogP contribution in [0.3, 0.4) is 0 Å². The van der Waals surface area contributed by atoms with Crippen LogP contribution in [0.2, 0.25) is 0 Å². The van der Waals surface area contributed by atoms with E-state index in [0.29, 0.717) is 11.6 Å². The molecule has 1 aliphatic rings. The lowest BCUT2D eigenvalue weighted by atomic mass is 9.96. The van der Waals surface area contributed by atoms with Crippen molar-refractivity contribution in [1.82, 2.24) is 14.6 Å². The van der Waals surface area contributed by atoms with Crippen LogP contribution in [0.5, 0.6) is 0 Å². The van der Waals surface area contributed by atoms with Crippen molar-refractivity contribution in [3.63, 3.8) is 0 Å². The highest BCUT2D eigenvalue weighted by molar-refractivity contribution is 7.89. The van der Waals surface area contributed by atoms with Gasteiger partial charge in [0.15, 0.2) is 0 Å². The van der Waals surface area contributed by atoms with Crippen LogP contribution in [-0.2, 0) is 14.8 Å². The third-order valence-electron chi connectivity index (χ3n) is 5.94. The van der Waals surface area contributed by atoms with E-state index in [0.717, 1.165) is 31.4 Å². The van der Waals surface area contributed by atoms with E-state index in [1.165, 1.54) is 21.8 Å². The standard InChI is InChI=1S/C24H30N4O3S2/c1-16(2)27-33(30,31)20-10-8-19(9-11-20)25-23(29)17(3)28-14-12-18(13-15-28)24-26-21-6-4-5-7-22(21)32-24/h4-11,16-18,27H,12-15H2,1-3H3,(H,25,29)/t17-/m0/s1. The van der Waals surface area contributed by atoms with E-state index in [1.54, 1.807) is 37.3 Å². The number of carbonyl (C=O) groups is 1. The van der Waals surface area contributed by atoms with Crippen LogP contribution < -0.4 is 10.0 Å². The molecule has 7 nitrogen and oxygen atoms in total. The number of fused-ring (bicyclic) bond motifs is 1. The van der Waals surface area contributed by atoms with E-state index in [4.69, 9.17) is 4.98 Å². The van der Waals surface area contributed by atoms with Crippen molar-refractivity contribution in [2.24, 2.45) is 0 Å². The van der Waals surface area contributed by atoms with E-state index in [9.17, 15) is 13.2 Å². The minimum atomic E-state index is -3.55. The van der Waals surface area contributed by atoms with Gasteiger partial charge in [0.05, 0.1) is 26.2 Å². The number of hydrogen-bond acceptors (Lipinski definition) is 6. The first-order valence-corrected chi connectivity index (χ1v) is 13.6. The van der Waals surface area contributed by atoms with Crippen LogP contribution in [0.4, 0.5) is 5.69 Å². The first-order chi connectivity index (χ1) is 15.7. The summed E-state index contributed by atoms with van der Waals surface area (Å²) in [5.41, 5.74) is 1.64. The smallest absolute Gasteiger partial charge is 0.241 e. The van der Waals surface area contributed by atoms with Gasteiger partial charge in [-0.3, -0.25) is 9.69 Å². The lowest BCUT2D eigenvalue weighted by Crippen LogP contribution is -2.45. The van der Waals surface area contributed by atoms with Gasteiger partial charge < -0.3 is 5.32 Å². The molecule has 33 heavy (non-hydrogen) atoms. The van der Waals surface area contributed by atoms with Gasteiger partial charge in [-0.25, -0.2) is 18.1 Å². The summed E-state index contributed by atoms with van der Waals surface area (Å²) >= 11 is 1.77. The number of aromatic nitrogens is 1. The molecular weight excluding hydrogens is 456 g/mol. The lowest BCUT2D eigenvalue weighted by Gasteiger charge is -2.34. The van der Waals surface area contributed by atoms with Gasteiger partial charge >= 0.3 is 0 Å². The second kappa shape index (κ2) is 9.89. The Labute approximate surface area is 199 Å². The molecule has 0 bridgehead atoms. The second-order valence-corrected chi connectivity index (χ2v) is 11.6. The number of thiazole rings is 1. The maximum atomic E-state index is 12.8. The maximum Gasteiger partial charge on any atom is 0.241 e. The van der Waals surface area contributed by atoms with Gasteiger partial charge in [0.25, 0.3) is 0 Å². The van der Waals surface area contributed by atoms with E-state index >= 15 is 0 Å². The van der Waals surface area contributed by atoms with E-state index in [2.05, 4.69) is 27.1 Å². The third kappa shape index (κ3) is 5.60. The summed E-state index contributed by atoms with van der Waals surface area (Å²) in [7, 11) is -3.55. The topological polar surface area (TPSA) is 91.4 Å². The molecule has 2 N–H and O–H groups in total. The summed E-state index contributed by atoms with van der Waals surface area (Å²) in [4.78, 5) is 20.0. The number of nitrogens with one attached hydrogen (secondary N) is 2. The lowest BCUT2D eigenvalue weighted by molar-refractivity contribution is -0.121. The van der Waals surface area contributed by atoms with Gasteiger partial charge in [-0.05, 0) is 83.1 Å². The van der Waals surface area contributed by atoms with Gasteiger partial charge in [0.1, 0.15) is 0 Å². The predicted octanol–water partition coefficient (Wildman–Crippen LogP) is 4.19. The van der Waals surface area contributed by atoms with Crippen molar-refractivity contribution in [3.05, 3.63) is 53.5 Å². The van der Waals surface area contributed by atoms with Crippen molar-refractivity contribution in [2.45, 2.75) is 56.5 Å². The van der Waals surface area contributed by atoms with Crippen molar-refractivity contribution >= 4 is 43.2 Å². The number of carbonyl (C=O) groups excluding carboxylic acids is 1.